The van der Waals surface area contributed by atoms with Gasteiger partial charge in [-0.05, 0) is 38.6 Å². The second-order valence-electron chi connectivity index (χ2n) is 5.92. The maximum absolute atomic E-state index is 12.1. The lowest BCUT2D eigenvalue weighted by Gasteiger charge is -2.38. The van der Waals surface area contributed by atoms with Crippen molar-refractivity contribution in [2.45, 2.75) is 32.4 Å². The zero-order chi connectivity index (χ0) is 14.5. The van der Waals surface area contributed by atoms with Crippen LogP contribution in [0.25, 0.3) is 10.2 Å². The Hall–Kier alpha value is -1.01. The molecule has 4 nitrogen and oxygen atoms in total. The third kappa shape index (κ3) is 2.24. The molecule has 0 bridgehead atoms. The first-order valence-corrected chi connectivity index (χ1v) is 8.94. The molecule has 3 rings (SSSR count). The monoisotopic (exact) mass is 309 g/mol. The third-order valence-electron chi connectivity index (χ3n) is 3.74. The van der Waals surface area contributed by atoms with Crippen molar-refractivity contribution in [1.29, 1.82) is 0 Å². The Morgan fingerprint density at radius 3 is 2.80 bits per heavy atom. The second kappa shape index (κ2) is 4.77. The Morgan fingerprint density at radius 2 is 2.10 bits per heavy atom. The van der Waals surface area contributed by atoms with Crippen molar-refractivity contribution in [3.63, 3.8) is 0 Å². The lowest BCUT2D eigenvalue weighted by Crippen LogP contribution is -2.50. The van der Waals surface area contributed by atoms with E-state index in [1.165, 1.54) is 5.56 Å². The van der Waals surface area contributed by atoms with Gasteiger partial charge in [-0.3, -0.25) is 4.21 Å². The minimum absolute atomic E-state index is 0.187. The van der Waals surface area contributed by atoms with Crippen molar-refractivity contribution < 1.29 is 4.21 Å². The Balaban J connectivity index is 2.10. The summed E-state index contributed by atoms with van der Waals surface area (Å²) < 4.78 is 11.9. The zero-order valence-corrected chi connectivity index (χ0v) is 13.9. The average Bonchev–Trinajstić information content (AvgIpc) is 2.73. The van der Waals surface area contributed by atoms with Gasteiger partial charge in [0.05, 0.1) is 10.1 Å². The number of aryl methyl sites for hydroxylation is 2. The molecule has 1 aliphatic heterocycles. The van der Waals surface area contributed by atoms with Crippen LogP contribution in [0.4, 0.5) is 5.82 Å². The van der Waals surface area contributed by atoms with Crippen molar-refractivity contribution in [3.05, 3.63) is 16.8 Å². The van der Waals surface area contributed by atoms with Crippen LogP contribution in [0.3, 0.4) is 0 Å². The average molecular weight is 309 g/mol. The standard InChI is InChI=1S/C14H19N3OS2/c1-9-7-19-13-11(9)12(15-10(2)16-13)17-5-6-20(18)14(3,4)8-17/h7H,5-6,8H2,1-4H3. The number of hydrogen-bond donors (Lipinski definition) is 0. The minimum Gasteiger partial charge on any atom is -0.354 e. The molecule has 1 saturated heterocycles. The van der Waals surface area contributed by atoms with E-state index in [2.05, 4.69) is 41.0 Å². The van der Waals surface area contributed by atoms with Gasteiger partial charge in [0.25, 0.3) is 0 Å². The minimum atomic E-state index is -0.762. The number of rotatable bonds is 1. The van der Waals surface area contributed by atoms with Crippen molar-refractivity contribution in [1.82, 2.24) is 9.97 Å². The zero-order valence-electron chi connectivity index (χ0n) is 12.3. The molecule has 0 saturated carbocycles. The quantitative estimate of drug-likeness (QED) is 0.812. The van der Waals surface area contributed by atoms with Crippen LogP contribution < -0.4 is 4.90 Å². The number of nitrogens with zero attached hydrogens (tertiary/aromatic N) is 3. The van der Waals surface area contributed by atoms with E-state index in [9.17, 15) is 4.21 Å². The van der Waals surface area contributed by atoms with Crippen molar-refractivity contribution in [3.8, 4) is 0 Å². The molecule has 0 amide bonds. The fourth-order valence-corrected chi connectivity index (χ4v) is 4.86. The van der Waals surface area contributed by atoms with Gasteiger partial charge in [-0.2, -0.15) is 0 Å². The molecule has 6 heteroatoms. The fourth-order valence-electron chi connectivity index (χ4n) is 2.66. The highest BCUT2D eigenvalue weighted by Gasteiger charge is 2.34. The van der Waals surface area contributed by atoms with Crippen LogP contribution in [-0.4, -0.2) is 37.8 Å². The predicted molar refractivity (Wildman–Crippen MR) is 86.2 cm³/mol. The molecule has 108 valence electrons. The van der Waals surface area contributed by atoms with E-state index in [1.54, 1.807) is 11.3 Å². The molecule has 0 aromatic carbocycles. The van der Waals surface area contributed by atoms with E-state index in [1.807, 2.05) is 6.92 Å². The normalized spacial score (nSPS) is 22.4. The molecule has 20 heavy (non-hydrogen) atoms. The molecule has 2 aromatic heterocycles. The van der Waals surface area contributed by atoms with Gasteiger partial charge in [-0.1, -0.05) is 0 Å². The maximum atomic E-state index is 12.1. The second-order valence-corrected chi connectivity index (χ2v) is 8.99. The van der Waals surface area contributed by atoms with Crippen molar-refractivity contribution in [2.75, 3.05) is 23.7 Å². The molecule has 0 radical (unpaired) electrons. The van der Waals surface area contributed by atoms with Gasteiger partial charge in [0.2, 0.25) is 0 Å². The highest BCUT2D eigenvalue weighted by atomic mass is 32.2. The summed E-state index contributed by atoms with van der Waals surface area (Å²) in [6.45, 7) is 9.76. The number of hydrogen-bond acceptors (Lipinski definition) is 5. The highest BCUT2D eigenvalue weighted by Crippen LogP contribution is 2.34. The molecule has 1 atom stereocenters. The van der Waals surface area contributed by atoms with Gasteiger partial charge in [0.15, 0.2) is 0 Å². The molecule has 3 heterocycles. The summed E-state index contributed by atoms with van der Waals surface area (Å²) in [4.78, 5) is 12.5. The summed E-state index contributed by atoms with van der Waals surface area (Å²) in [5.74, 6) is 2.52. The van der Waals surface area contributed by atoms with Crippen molar-refractivity contribution in [2.24, 2.45) is 0 Å². The summed E-state index contributed by atoms with van der Waals surface area (Å²) in [5, 5.41) is 3.29. The molecule has 0 spiro atoms. The summed E-state index contributed by atoms with van der Waals surface area (Å²) in [7, 11) is -0.762. The third-order valence-corrected chi connectivity index (χ3v) is 6.65. The topological polar surface area (TPSA) is 46.1 Å². The van der Waals surface area contributed by atoms with Crippen LogP contribution in [0, 0.1) is 13.8 Å². The largest absolute Gasteiger partial charge is 0.354 e. The van der Waals surface area contributed by atoms with E-state index in [0.29, 0.717) is 5.75 Å². The molecule has 1 aliphatic rings. The fraction of sp³-hybridized carbons (Fsp3) is 0.571. The van der Waals surface area contributed by atoms with E-state index in [-0.39, 0.29) is 4.75 Å². The predicted octanol–water partition coefficient (Wildman–Crippen LogP) is 2.66. The van der Waals surface area contributed by atoms with Crippen LogP contribution in [0.15, 0.2) is 5.38 Å². The van der Waals surface area contributed by atoms with E-state index < -0.39 is 10.8 Å². The first-order valence-electron chi connectivity index (χ1n) is 6.74. The SMILES string of the molecule is Cc1nc(N2CCS(=O)C(C)(C)C2)c2c(C)csc2n1. The van der Waals surface area contributed by atoms with Crippen molar-refractivity contribution >= 4 is 38.2 Å². The number of thiophene rings is 1. The lowest BCUT2D eigenvalue weighted by molar-refractivity contribution is 0.587. The molecular formula is C14H19N3OS2. The first kappa shape index (κ1) is 13.9. The summed E-state index contributed by atoms with van der Waals surface area (Å²) >= 11 is 1.67. The Labute approximate surface area is 125 Å². The van der Waals surface area contributed by atoms with Crippen LogP contribution in [0.2, 0.25) is 0 Å². The van der Waals surface area contributed by atoms with Crippen LogP contribution in [0.1, 0.15) is 25.2 Å². The summed E-state index contributed by atoms with van der Waals surface area (Å²) in [5.41, 5.74) is 1.23. The molecular weight excluding hydrogens is 290 g/mol. The van der Waals surface area contributed by atoms with E-state index in [4.69, 9.17) is 0 Å². The van der Waals surface area contributed by atoms with Gasteiger partial charge in [0, 0.05) is 29.6 Å². The highest BCUT2D eigenvalue weighted by molar-refractivity contribution is 7.86. The van der Waals surface area contributed by atoms with E-state index in [0.717, 1.165) is 34.9 Å². The number of fused-ring (bicyclic) bond motifs is 1. The van der Waals surface area contributed by atoms with Crippen LogP contribution in [-0.2, 0) is 10.8 Å². The van der Waals surface area contributed by atoms with E-state index >= 15 is 0 Å². The molecule has 0 aliphatic carbocycles. The maximum Gasteiger partial charge on any atom is 0.141 e. The van der Waals surface area contributed by atoms with Gasteiger partial charge in [-0.15, -0.1) is 11.3 Å². The number of anilines is 1. The molecule has 0 N–H and O–H groups in total. The van der Waals surface area contributed by atoms with Crippen LogP contribution >= 0.6 is 11.3 Å². The lowest BCUT2D eigenvalue weighted by atomic mass is 10.1. The molecule has 1 unspecified atom stereocenters. The molecule has 1 fully saturated rings. The van der Waals surface area contributed by atoms with Crippen LogP contribution in [0.5, 0.6) is 0 Å². The molecule has 2 aromatic rings. The first-order chi connectivity index (χ1) is 9.38. The Morgan fingerprint density at radius 1 is 1.35 bits per heavy atom. The number of aromatic nitrogens is 2. The summed E-state index contributed by atoms with van der Waals surface area (Å²) in [6.07, 6.45) is 0. The van der Waals surface area contributed by atoms with Gasteiger partial charge >= 0.3 is 0 Å². The Bertz CT molecular complexity index is 693. The Kier molecular flexibility index (Phi) is 3.33. The van der Waals surface area contributed by atoms with Gasteiger partial charge in [0.1, 0.15) is 16.5 Å². The summed E-state index contributed by atoms with van der Waals surface area (Å²) in [6, 6.07) is 0. The smallest absolute Gasteiger partial charge is 0.141 e. The van der Waals surface area contributed by atoms with Gasteiger partial charge < -0.3 is 4.90 Å². The van der Waals surface area contributed by atoms with Gasteiger partial charge in [-0.25, -0.2) is 9.97 Å².